The number of nitrogens with one attached hydrogen (secondary N) is 1. The van der Waals surface area contributed by atoms with Gasteiger partial charge in [0.05, 0.1) is 13.3 Å². The fraction of sp³-hybridized carbons (Fsp3) is 0.583. The van der Waals surface area contributed by atoms with E-state index in [4.69, 9.17) is 10.5 Å². The molecule has 0 bridgehead atoms. The van der Waals surface area contributed by atoms with Crippen LogP contribution in [0.15, 0.2) is 18.3 Å². The molecule has 3 N–H and O–H groups in total. The van der Waals surface area contributed by atoms with Crippen LogP contribution in [-0.4, -0.2) is 24.7 Å². The molecule has 1 aliphatic carbocycles. The van der Waals surface area contributed by atoms with E-state index in [1.54, 1.807) is 13.3 Å². The average Bonchev–Trinajstić information content (AvgIpc) is 2.73. The lowest BCUT2D eigenvalue weighted by molar-refractivity contribution is 0.413. The lowest BCUT2D eigenvalue weighted by atomic mass is 10.1. The van der Waals surface area contributed by atoms with Gasteiger partial charge in [-0.05, 0) is 37.3 Å². The van der Waals surface area contributed by atoms with Crippen LogP contribution in [-0.2, 0) is 0 Å². The third kappa shape index (κ3) is 2.85. The SMILES string of the molecule is COc1ccc(NCC2CCC(N)C2)nc1. The van der Waals surface area contributed by atoms with Crippen LogP contribution in [0.1, 0.15) is 19.3 Å². The van der Waals surface area contributed by atoms with Crippen molar-refractivity contribution in [2.45, 2.75) is 25.3 Å². The van der Waals surface area contributed by atoms with Crippen LogP contribution in [0.3, 0.4) is 0 Å². The number of nitrogens with two attached hydrogens (primary N) is 1. The van der Waals surface area contributed by atoms with E-state index in [9.17, 15) is 0 Å². The number of hydrogen-bond acceptors (Lipinski definition) is 4. The van der Waals surface area contributed by atoms with Gasteiger partial charge in [-0.3, -0.25) is 0 Å². The lowest BCUT2D eigenvalue weighted by Gasteiger charge is -2.11. The monoisotopic (exact) mass is 221 g/mol. The second-order valence-corrected chi connectivity index (χ2v) is 4.40. The molecule has 2 unspecified atom stereocenters. The van der Waals surface area contributed by atoms with Gasteiger partial charge in [0.1, 0.15) is 11.6 Å². The first-order valence-electron chi connectivity index (χ1n) is 5.77. The number of aromatic nitrogens is 1. The smallest absolute Gasteiger partial charge is 0.137 e. The van der Waals surface area contributed by atoms with Gasteiger partial charge >= 0.3 is 0 Å². The number of ether oxygens (including phenoxy) is 1. The Morgan fingerprint density at radius 1 is 1.50 bits per heavy atom. The first-order valence-corrected chi connectivity index (χ1v) is 5.77. The second-order valence-electron chi connectivity index (χ2n) is 4.40. The summed E-state index contributed by atoms with van der Waals surface area (Å²) in [4.78, 5) is 4.26. The summed E-state index contributed by atoms with van der Waals surface area (Å²) >= 11 is 0. The molecule has 0 radical (unpaired) electrons. The van der Waals surface area contributed by atoms with Gasteiger partial charge < -0.3 is 15.8 Å². The maximum Gasteiger partial charge on any atom is 0.137 e. The molecule has 88 valence electrons. The van der Waals surface area contributed by atoms with Crippen LogP contribution in [0.25, 0.3) is 0 Å². The van der Waals surface area contributed by atoms with E-state index in [1.807, 2.05) is 12.1 Å². The van der Waals surface area contributed by atoms with Crippen LogP contribution in [0.5, 0.6) is 5.75 Å². The van der Waals surface area contributed by atoms with Crippen molar-refractivity contribution < 1.29 is 4.74 Å². The Morgan fingerprint density at radius 3 is 2.94 bits per heavy atom. The van der Waals surface area contributed by atoms with E-state index in [1.165, 1.54) is 6.42 Å². The zero-order valence-electron chi connectivity index (χ0n) is 9.65. The topological polar surface area (TPSA) is 60.2 Å². The fourth-order valence-corrected chi connectivity index (χ4v) is 2.15. The largest absolute Gasteiger partial charge is 0.495 e. The van der Waals surface area contributed by atoms with Gasteiger partial charge in [-0.2, -0.15) is 0 Å². The predicted octanol–water partition coefficient (Wildman–Crippen LogP) is 1.63. The minimum atomic E-state index is 0.399. The highest BCUT2D eigenvalue weighted by Gasteiger charge is 2.21. The average molecular weight is 221 g/mol. The minimum absolute atomic E-state index is 0.399. The van der Waals surface area contributed by atoms with E-state index in [0.29, 0.717) is 12.0 Å². The number of hydrogen-bond donors (Lipinski definition) is 2. The quantitative estimate of drug-likeness (QED) is 0.811. The Morgan fingerprint density at radius 2 is 2.38 bits per heavy atom. The van der Waals surface area contributed by atoms with Crippen molar-refractivity contribution in [3.8, 4) is 5.75 Å². The summed E-state index contributed by atoms with van der Waals surface area (Å²) in [5.74, 6) is 2.38. The molecular formula is C12H19N3O. The van der Waals surface area contributed by atoms with E-state index in [-0.39, 0.29) is 0 Å². The molecule has 0 spiro atoms. The van der Waals surface area contributed by atoms with Crippen molar-refractivity contribution in [1.82, 2.24) is 4.98 Å². The molecule has 1 aromatic heterocycles. The molecule has 1 aromatic rings. The normalized spacial score (nSPS) is 24.4. The van der Waals surface area contributed by atoms with E-state index < -0.39 is 0 Å². The molecule has 2 rings (SSSR count). The van der Waals surface area contributed by atoms with Crippen LogP contribution >= 0.6 is 0 Å². The van der Waals surface area contributed by atoms with Gasteiger partial charge in [0.25, 0.3) is 0 Å². The van der Waals surface area contributed by atoms with Crippen LogP contribution in [0, 0.1) is 5.92 Å². The Bertz CT molecular complexity index is 326. The van der Waals surface area contributed by atoms with Crippen molar-refractivity contribution in [2.24, 2.45) is 11.7 Å². The molecule has 0 amide bonds. The number of pyridine rings is 1. The van der Waals surface area contributed by atoms with Crippen molar-refractivity contribution in [1.29, 1.82) is 0 Å². The molecular weight excluding hydrogens is 202 g/mol. The van der Waals surface area contributed by atoms with Crippen LogP contribution in [0.2, 0.25) is 0 Å². The summed E-state index contributed by atoms with van der Waals surface area (Å²) in [6, 6.07) is 4.25. The first-order chi connectivity index (χ1) is 7.78. The molecule has 0 saturated heterocycles. The molecule has 4 nitrogen and oxygen atoms in total. The first kappa shape index (κ1) is 11.2. The van der Waals surface area contributed by atoms with Gasteiger partial charge in [0, 0.05) is 12.6 Å². The van der Waals surface area contributed by atoms with Crippen LogP contribution < -0.4 is 15.8 Å². The molecule has 2 atom stereocenters. The number of anilines is 1. The summed E-state index contributed by atoms with van der Waals surface area (Å²) in [7, 11) is 1.64. The lowest BCUT2D eigenvalue weighted by Crippen LogP contribution is -2.17. The molecule has 1 fully saturated rings. The van der Waals surface area contributed by atoms with Gasteiger partial charge in [-0.1, -0.05) is 0 Å². The molecule has 4 heteroatoms. The van der Waals surface area contributed by atoms with Gasteiger partial charge in [0.15, 0.2) is 0 Å². The highest BCUT2D eigenvalue weighted by Crippen LogP contribution is 2.24. The van der Waals surface area contributed by atoms with E-state index in [2.05, 4.69) is 10.3 Å². The summed E-state index contributed by atoms with van der Waals surface area (Å²) in [6.07, 6.45) is 5.23. The summed E-state index contributed by atoms with van der Waals surface area (Å²) in [5, 5.41) is 3.34. The van der Waals surface area contributed by atoms with Gasteiger partial charge in [-0.15, -0.1) is 0 Å². The molecule has 0 aliphatic heterocycles. The zero-order chi connectivity index (χ0) is 11.4. The van der Waals surface area contributed by atoms with Gasteiger partial charge in [0.2, 0.25) is 0 Å². The van der Waals surface area contributed by atoms with E-state index in [0.717, 1.165) is 31.0 Å². The van der Waals surface area contributed by atoms with Crippen molar-refractivity contribution in [2.75, 3.05) is 19.0 Å². The van der Waals surface area contributed by atoms with Crippen molar-refractivity contribution in [3.05, 3.63) is 18.3 Å². The fourth-order valence-electron chi connectivity index (χ4n) is 2.15. The standard InChI is InChI=1S/C12H19N3O/c1-16-11-4-5-12(15-8-11)14-7-9-2-3-10(13)6-9/h4-5,8-10H,2-3,6-7,13H2,1H3,(H,14,15). The number of rotatable bonds is 4. The Hall–Kier alpha value is -1.29. The van der Waals surface area contributed by atoms with Crippen LogP contribution in [0.4, 0.5) is 5.82 Å². The molecule has 1 saturated carbocycles. The Labute approximate surface area is 96.2 Å². The molecule has 16 heavy (non-hydrogen) atoms. The second kappa shape index (κ2) is 5.16. The Kier molecular flexibility index (Phi) is 3.62. The maximum absolute atomic E-state index is 5.87. The highest BCUT2D eigenvalue weighted by molar-refractivity contribution is 5.37. The van der Waals surface area contributed by atoms with Crippen molar-refractivity contribution in [3.63, 3.8) is 0 Å². The number of methoxy groups -OCH3 is 1. The highest BCUT2D eigenvalue weighted by atomic mass is 16.5. The molecule has 1 aliphatic rings. The number of nitrogens with zero attached hydrogens (tertiary/aromatic N) is 1. The third-order valence-corrected chi connectivity index (χ3v) is 3.13. The summed E-state index contributed by atoms with van der Waals surface area (Å²) in [6.45, 7) is 0.965. The maximum atomic E-state index is 5.87. The predicted molar refractivity (Wildman–Crippen MR) is 64.6 cm³/mol. The Balaban J connectivity index is 1.80. The summed E-state index contributed by atoms with van der Waals surface area (Å²) in [5.41, 5.74) is 5.87. The van der Waals surface area contributed by atoms with E-state index >= 15 is 0 Å². The minimum Gasteiger partial charge on any atom is -0.495 e. The summed E-state index contributed by atoms with van der Waals surface area (Å²) < 4.78 is 5.05. The van der Waals surface area contributed by atoms with Crippen molar-refractivity contribution >= 4 is 5.82 Å². The van der Waals surface area contributed by atoms with Gasteiger partial charge in [-0.25, -0.2) is 4.98 Å². The molecule has 0 aromatic carbocycles. The third-order valence-electron chi connectivity index (χ3n) is 3.13. The molecule has 1 heterocycles. The zero-order valence-corrected chi connectivity index (χ0v) is 9.65.